The molecule has 6 rings (SSSR count). The molecule has 2 aliphatic heterocycles. The molecule has 2 aromatic carbocycles. The minimum absolute atomic E-state index is 0.0978. The number of benzene rings is 2. The van der Waals surface area contributed by atoms with Crippen molar-refractivity contribution >= 4 is 17.9 Å². The Hall–Kier alpha value is -3.62. The number of H-pyrrole nitrogens is 2. The molecule has 208 valence electrons. The number of aromatic amines is 2. The van der Waals surface area contributed by atoms with Gasteiger partial charge in [-0.25, -0.2) is 19.2 Å². The van der Waals surface area contributed by atoms with Crippen molar-refractivity contribution in [2.24, 2.45) is 0 Å². The van der Waals surface area contributed by atoms with Crippen molar-refractivity contribution in [2.75, 3.05) is 13.1 Å². The summed E-state index contributed by atoms with van der Waals surface area (Å²) in [6.45, 7) is 7.24. The number of likely N-dealkylation sites (tertiary alicyclic amines) is 1. The Kier molecular flexibility index (Phi) is 7.15. The lowest BCUT2D eigenvalue weighted by Crippen LogP contribution is -2.36. The summed E-state index contributed by atoms with van der Waals surface area (Å²) in [5.74, 6) is 1.72. The van der Waals surface area contributed by atoms with Gasteiger partial charge < -0.3 is 14.7 Å². The molecule has 4 aromatic rings. The largest absolute Gasteiger partial charge is 0.444 e. The number of aromatic nitrogens is 4. The van der Waals surface area contributed by atoms with Gasteiger partial charge in [0.05, 0.1) is 35.9 Å². The average molecular weight is 559 g/mol. The molecule has 0 radical (unpaired) electrons. The number of amides is 1. The van der Waals surface area contributed by atoms with Gasteiger partial charge in [-0.2, -0.15) is 0 Å². The second-order valence-electron chi connectivity index (χ2n) is 11.6. The van der Waals surface area contributed by atoms with Crippen molar-refractivity contribution < 1.29 is 9.53 Å². The van der Waals surface area contributed by atoms with E-state index in [0.717, 1.165) is 77.5 Å². The van der Waals surface area contributed by atoms with Crippen molar-refractivity contribution in [3.05, 3.63) is 72.6 Å². The van der Waals surface area contributed by atoms with Gasteiger partial charge in [0, 0.05) is 13.1 Å². The highest BCUT2D eigenvalue weighted by molar-refractivity contribution is 6.13. The first-order valence-electron chi connectivity index (χ1n) is 14.0. The fourth-order valence-corrected chi connectivity index (χ4v) is 5.89. The molecular formula is C31H35ClN6O2. The Labute approximate surface area is 239 Å². The zero-order chi connectivity index (χ0) is 27.9. The lowest BCUT2D eigenvalue weighted by molar-refractivity contribution is 0.0218. The number of nitrogens with zero attached hydrogens (tertiary/aromatic N) is 4. The monoisotopic (exact) mass is 558 g/mol. The van der Waals surface area contributed by atoms with Crippen molar-refractivity contribution in [3.63, 3.8) is 0 Å². The summed E-state index contributed by atoms with van der Waals surface area (Å²) < 4.78 is 7.45. The van der Waals surface area contributed by atoms with E-state index in [1.807, 2.05) is 37.6 Å². The summed E-state index contributed by atoms with van der Waals surface area (Å²) in [6.07, 6.45) is 7.36. The number of nitrogens with one attached hydrogen (secondary N) is 2. The van der Waals surface area contributed by atoms with Crippen LogP contribution in [-0.4, -0.2) is 54.0 Å². The van der Waals surface area contributed by atoms with Gasteiger partial charge in [0.2, 0.25) is 0 Å². The van der Waals surface area contributed by atoms with Gasteiger partial charge in [-0.15, -0.1) is 0 Å². The summed E-state index contributed by atoms with van der Waals surface area (Å²) in [6, 6.07) is 17.0. The van der Waals surface area contributed by atoms with Crippen LogP contribution in [0.15, 0.2) is 60.9 Å². The molecule has 1 amide bonds. The molecule has 2 atom stereocenters. The van der Waals surface area contributed by atoms with Gasteiger partial charge in [0.1, 0.15) is 17.2 Å². The van der Waals surface area contributed by atoms with Crippen molar-refractivity contribution in [1.29, 1.82) is 0 Å². The van der Waals surface area contributed by atoms with Crippen LogP contribution in [0.3, 0.4) is 0 Å². The van der Waals surface area contributed by atoms with Crippen molar-refractivity contribution in [2.45, 2.75) is 64.1 Å². The van der Waals surface area contributed by atoms with E-state index in [4.69, 9.17) is 16.5 Å². The van der Waals surface area contributed by atoms with Crippen LogP contribution in [0.4, 0.5) is 4.79 Å². The van der Waals surface area contributed by atoms with Gasteiger partial charge in [-0.3, -0.25) is 4.90 Å². The fraction of sp³-hybridized carbons (Fsp3) is 0.387. The third kappa shape index (κ3) is 5.51. The normalized spacial score (nSPS) is 19.9. The van der Waals surface area contributed by atoms with Crippen LogP contribution < -0.4 is 0 Å². The van der Waals surface area contributed by atoms with E-state index in [0.29, 0.717) is 6.54 Å². The number of hydrogen-bond acceptors (Lipinski definition) is 5. The van der Waals surface area contributed by atoms with Crippen LogP contribution >= 0.6 is 11.8 Å². The number of hydrogen-bond donors (Lipinski definition) is 2. The van der Waals surface area contributed by atoms with Crippen LogP contribution in [0, 0.1) is 0 Å². The lowest BCUT2D eigenvalue weighted by Gasteiger charge is -2.27. The number of imidazole rings is 2. The Morgan fingerprint density at radius 1 is 0.800 bits per heavy atom. The second-order valence-corrected chi connectivity index (χ2v) is 12.1. The van der Waals surface area contributed by atoms with Gasteiger partial charge in [0.15, 0.2) is 0 Å². The topological polar surface area (TPSA) is 90.1 Å². The summed E-state index contributed by atoms with van der Waals surface area (Å²) >= 11 is 6.32. The van der Waals surface area contributed by atoms with Crippen LogP contribution in [0.5, 0.6) is 0 Å². The molecule has 8 nitrogen and oxygen atoms in total. The quantitative estimate of drug-likeness (QED) is 0.248. The first-order valence-corrected chi connectivity index (χ1v) is 14.3. The third-order valence-corrected chi connectivity index (χ3v) is 8.02. The lowest BCUT2D eigenvalue weighted by atomic mass is 10.0. The van der Waals surface area contributed by atoms with E-state index in [1.54, 1.807) is 4.90 Å². The van der Waals surface area contributed by atoms with Gasteiger partial charge in [-0.05, 0) is 80.5 Å². The molecule has 9 heteroatoms. The highest BCUT2D eigenvalue weighted by Gasteiger charge is 2.35. The third-order valence-electron chi connectivity index (χ3n) is 7.62. The molecule has 4 heterocycles. The molecule has 2 saturated heterocycles. The maximum atomic E-state index is 12.7. The summed E-state index contributed by atoms with van der Waals surface area (Å²) in [5.41, 5.74) is 5.82. The molecule has 0 spiro atoms. The first-order chi connectivity index (χ1) is 19.2. The van der Waals surface area contributed by atoms with Crippen molar-refractivity contribution in [1.82, 2.24) is 29.3 Å². The maximum Gasteiger partial charge on any atom is 0.410 e. The predicted octanol–water partition coefficient (Wildman–Crippen LogP) is 7.50. The number of carbonyl (C=O) groups excluding carboxylic acids is 1. The number of carbonyl (C=O) groups is 1. The highest BCUT2D eigenvalue weighted by Crippen LogP contribution is 2.35. The standard InChI is InChI=1S/C31H35ClN6O2/c1-31(2,3)40-30(39)37-16-4-6-26(37)28-33-18-24(35-28)22-12-8-20(9-13-22)21-10-14-23(15-11-21)25-19-34-29(36-25)27-7-5-17-38(27)32/h8-15,18-19,26-27H,4-7,16-17H2,1-3H3,(H,33,35)(H,34,36)/t26-,27-/m0/s1. The molecule has 2 fully saturated rings. The Bertz CT molecular complexity index is 1470. The van der Waals surface area contributed by atoms with Gasteiger partial charge in [0.25, 0.3) is 0 Å². The van der Waals surface area contributed by atoms with E-state index >= 15 is 0 Å². The molecule has 2 aliphatic rings. The van der Waals surface area contributed by atoms with E-state index in [1.165, 1.54) is 0 Å². The average Bonchev–Trinajstić information content (AvgIpc) is 3.74. The van der Waals surface area contributed by atoms with E-state index in [9.17, 15) is 4.79 Å². The molecule has 0 unspecified atom stereocenters. The summed E-state index contributed by atoms with van der Waals surface area (Å²) in [4.78, 5) is 30.6. The van der Waals surface area contributed by atoms with Gasteiger partial charge >= 0.3 is 6.09 Å². The van der Waals surface area contributed by atoms with Crippen molar-refractivity contribution in [3.8, 4) is 33.6 Å². The summed E-state index contributed by atoms with van der Waals surface area (Å²) in [5, 5.41) is 0. The highest BCUT2D eigenvalue weighted by atomic mass is 35.5. The fourth-order valence-electron chi connectivity index (χ4n) is 5.58. The number of ether oxygens (including phenoxy) is 1. The minimum atomic E-state index is -0.523. The van der Waals surface area contributed by atoms with E-state index in [-0.39, 0.29) is 18.2 Å². The molecule has 2 N–H and O–H groups in total. The first kappa shape index (κ1) is 26.6. The Morgan fingerprint density at radius 2 is 1.27 bits per heavy atom. The van der Waals surface area contributed by atoms with E-state index < -0.39 is 5.60 Å². The maximum absolute atomic E-state index is 12.7. The SMILES string of the molecule is CC(C)(C)OC(=O)N1CCC[C@H]1c1ncc(-c2ccc(-c3ccc(-c4cnc([C@@H]5CCCN5Cl)[nH]4)cc3)cc2)[nH]1. The van der Waals surface area contributed by atoms with Gasteiger partial charge in [-0.1, -0.05) is 48.5 Å². The Balaban J connectivity index is 1.13. The zero-order valence-corrected chi connectivity index (χ0v) is 23.9. The van der Waals surface area contributed by atoms with Crippen LogP contribution in [0.2, 0.25) is 0 Å². The zero-order valence-electron chi connectivity index (χ0n) is 23.2. The molecule has 0 saturated carbocycles. The summed E-state index contributed by atoms with van der Waals surface area (Å²) in [7, 11) is 0. The van der Waals surface area contributed by atoms with E-state index in [2.05, 4.69) is 68.5 Å². The smallest absolute Gasteiger partial charge is 0.410 e. The molecule has 0 aliphatic carbocycles. The Morgan fingerprint density at radius 3 is 1.77 bits per heavy atom. The predicted molar refractivity (Wildman–Crippen MR) is 156 cm³/mol. The van der Waals surface area contributed by atoms with Crippen LogP contribution in [0.1, 0.15) is 70.2 Å². The minimum Gasteiger partial charge on any atom is -0.444 e. The molecular weight excluding hydrogens is 524 g/mol. The number of rotatable bonds is 5. The second kappa shape index (κ2) is 10.7. The van der Waals surface area contributed by atoms with Crippen LogP contribution in [-0.2, 0) is 4.74 Å². The molecule has 2 aromatic heterocycles. The molecule has 40 heavy (non-hydrogen) atoms. The molecule has 0 bridgehead atoms. The number of halogens is 1. The van der Waals surface area contributed by atoms with Crippen LogP contribution in [0.25, 0.3) is 33.6 Å².